The summed E-state index contributed by atoms with van der Waals surface area (Å²) in [7, 11) is 3.57. The maximum atomic E-state index is 9.69. The van der Waals surface area contributed by atoms with Crippen LogP contribution in [0.3, 0.4) is 0 Å². The summed E-state index contributed by atoms with van der Waals surface area (Å²) in [6.45, 7) is 2.51. The lowest BCUT2D eigenvalue weighted by Gasteiger charge is -2.30. The predicted molar refractivity (Wildman–Crippen MR) is 103 cm³/mol. The van der Waals surface area contributed by atoms with E-state index >= 15 is 0 Å². The molecule has 2 rings (SSSR count). The number of benzene rings is 1. The Kier molecular flexibility index (Phi) is 8.22. The molecule has 1 aliphatic rings. The van der Waals surface area contributed by atoms with Crippen LogP contribution in [0.15, 0.2) is 35.3 Å². The fourth-order valence-electron chi connectivity index (χ4n) is 3.68. The Hall–Kier alpha value is -1.59. The van der Waals surface area contributed by atoms with Gasteiger partial charge in [0.2, 0.25) is 0 Å². The Labute approximate surface area is 151 Å². The van der Waals surface area contributed by atoms with Gasteiger partial charge in [-0.2, -0.15) is 0 Å². The van der Waals surface area contributed by atoms with Crippen LogP contribution in [0.5, 0.6) is 0 Å². The van der Waals surface area contributed by atoms with E-state index in [-0.39, 0.29) is 12.5 Å². The first-order chi connectivity index (χ1) is 12.2. The van der Waals surface area contributed by atoms with E-state index in [9.17, 15) is 5.11 Å². The van der Waals surface area contributed by atoms with Crippen molar-refractivity contribution >= 4 is 5.96 Å². The molecule has 0 heterocycles. The lowest BCUT2D eigenvalue weighted by Crippen LogP contribution is -2.44. The van der Waals surface area contributed by atoms with Gasteiger partial charge >= 0.3 is 0 Å². The van der Waals surface area contributed by atoms with Crippen LogP contribution in [0.2, 0.25) is 0 Å². The van der Waals surface area contributed by atoms with Crippen LogP contribution in [0.1, 0.15) is 43.6 Å². The number of hydrogen-bond acceptors (Lipinski definition) is 3. The van der Waals surface area contributed by atoms with E-state index in [1.807, 2.05) is 18.2 Å². The molecule has 0 saturated heterocycles. The molecule has 0 aliphatic heterocycles. The molecule has 0 amide bonds. The second-order valence-electron chi connectivity index (χ2n) is 7.05. The topological polar surface area (TPSA) is 65.9 Å². The van der Waals surface area contributed by atoms with Gasteiger partial charge in [-0.1, -0.05) is 43.2 Å². The third-order valence-corrected chi connectivity index (χ3v) is 5.36. The molecule has 140 valence electrons. The minimum Gasteiger partial charge on any atom is -0.396 e. The lowest BCUT2D eigenvalue weighted by molar-refractivity contribution is 0.138. The van der Waals surface area contributed by atoms with Crippen LogP contribution < -0.4 is 10.6 Å². The average Bonchev–Trinajstić information content (AvgIpc) is 3.13. The van der Waals surface area contributed by atoms with Crippen molar-refractivity contribution in [3.05, 3.63) is 35.9 Å². The van der Waals surface area contributed by atoms with Crippen molar-refractivity contribution in [2.24, 2.45) is 10.4 Å². The molecular formula is C20H33N3O2. The summed E-state index contributed by atoms with van der Waals surface area (Å²) in [6.07, 6.45) is 6.21. The zero-order valence-electron chi connectivity index (χ0n) is 15.6. The molecule has 0 aromatic heterocycles. The van der Waals surface area contributed by atoms with Crippen LogP contribution in [0, 0.1) is 5.41 Å². The van der Waals surface area contributed by atoms with Gasteiger partial charge in [0.25, 0.3) is 0 Å². The molecule has 0 spiro atoms. The number of aliphatic hydroxyl groups is 1. The molecule has 1 fully saturated rings. The van der Waals surface area contributed by atoms with E-state index in [0.717, 1.165) is 31.1 Å². The van der Waals surface area contributed by atoms with Gasteiger partial charge in [0, 0.05) is 39.8 Å². The van der Waals surface area contributed by atoms with Crippen molar-refractivity contribution in [1.29, 1.82) is 0 Å². The first-order valence-electron chi connectivity index (χ1n) is 9.32. The maximum absolute atomic E-state index is 9.69. The Morgan fingerprint density at radius 2 is 1.96 bits per heavy atom. The SMILES string of the molecule is CN=C(NCC(CO)c1ccccc1)NCC1(CCOC)CCCC1. The van der Waals surface area contributed by atoms with Crippen LogP contribution in [0.25, 0.3) is 0 Å². The monoisotopic (exact) mass is 347 g/mol. The molecule has 1 aromatic rings. The summed E-state index contributed by atoms with van der Waals surface area (Å²) < 4.78 is 5.30. The van der Waals surface area contributed by atoms with Crippen molar-refractivity contribution in [3.63, 3.8) is 0 Å². The second kappa shape index (κ2) is 10.4. The van der Waals surface area contributed by atoms with E-state index in [1.54, 1.807) is 14.2 Å². The smallest absolute Gasteiger partial charge is 0.191 e. The largest absolute Gasteiger partial charge is 0.396 e. The highest BCUT2D eigenvalue weighted by molar-refractivity contribution is 5.79. The molecule has 0 bridgehead atoms. The number of nitrogens with one attached hydrogen (secondary N) is 2. The summed E-state index contributed by atoms with van der Waals surface area (Å²) in [6, 6.07) is 10.1. The van der Waals surface area contributed by atoms with E-state index < -0.39 is 0 Å². The van der Waals surface area contributed by atoms with Gasteiger partial charge in [-0.25, -0.2) is 0 Å². The van der Waals surface area contributed by atoms with E-state index in [1.165, 1.54) is 25.7 Å². The minimum atomic E-state index is 0.0636. The van der Waals surface area contributed by atoms with Crippen molar-refractivity contribution in [1.82, 2.24) is 10.6 Å². The van der Waals surface area contributed by atoms with Crippen LogP contribution in [0.4, 0.5) is 0 Å². The molecule has 1 atom stereocenters. The number of rotatable bonds is 9. The highest BCUT2D eigenvalue weighted by Gasteiger charge is 2.33. The number of methoxy groups -OCH3 is 1. The van der Waals surface area contributed by atoms with Crippen molar-refractivity contribution in [2.75, 3.05) is 40.5 Å². The van der Waals surface area contributed by atoms with Gasteiger partial charge in [0.1, 0.15) is 0 Å². The molecule has 1 aliphatic carbocycles. The van der Waals surface area contributed by atoms with Gasteiger partial charge in [-0.3, -0.25) is 4.99 Å². The van der Waals surface area contributed by atoms with E-state index in [4.69, 9.17) is 4.74 Å². The van der Waals surface area contributed by atoms with Crippen molar-refractivity contribution in [3.8, 4) is 0 Å². The first-order valence-corrected chi connectivity index (χ1v) is 9.32. The Bertz CT molecular complexity index is 513. The Balaban J connectivity index is 1.85. The number of aliphatic hydroxyl groups excluding tert-OH is 1. The highest BCUT2D eigenvalue weighted by atomic mass is 16.5. The Morgan fingerprint density at radius 3 is 2.56 bits per heavy atom. The normalized spacial score (nSPS) is 18.1. The number of nitrogens with zero attached hydrogens (tertiary/aromatic N) is 1. The summed E-state index contributed by atoms with van der Waals surface area (Å²) in [5.74, 6) is 0.867. The average molecular weight is 348 g/mol. The number of guanidine groups is 1. The first kappa shape index (κ1) is 19.7. The molecular weight excluding hydrogens is 314 g/mol. The van der Waals surface area contributed by atoms with Gasteiger partial charge in [-0.05, 0) is 30.2 Å². The van der Waals surface area contributed by atoms with Gasteiger partial charge < -0.3 is 20.5 Å². The number of aliphatic imine (C=N–C) groups is 1. The standard InChI is InChI=1S/C20H33N3O2/c1-21-19(22-14-18(15-24)17-8-4-3-5-9-17)23-16-20(12-13-25-2)10-6-7-11-20/h3-5,8-9,18,24H,6-7,10-16H2,1-2H3,(H2,21,22,23). The third kappa shape index (κ3) is 6.01. The van der Waals surface area contributed by atoms with Gasteiger partial charge in [-0.15, -0.1) is 0 Å². The minimum absolute atomic E-state index is 0.0636. The van der Waals surface area contributed by atoms with Crippen molar-refractivity contribution < 1.29 is 9.84 Å². The molecule has 1 aromatic carbocycles. The third-order valence-electron chi connectivity index (χ3n) is 5.36. The van der Waals surface area contributed by atoms with E-state index in [2.05, 4.69) is 27.8 Å². The quantitative estimate of drug-likeness (QED) is 0.474. The van der Waals surface area contributed by atoms with Gasteiger partial charge in [0.15, 0.2) is 5.96 Å². The molecule has 25 heavy (non-hydrogen) atoms. The van der Waals surface area contributed by atoms with Crippen molar-refractivity contribution in [2.45, 2.75) is 38.0 Å². The fourth-order valence-corrected chi connectivity index (χ4v) is 3.68. The van der Waals surface area contributed by atoms with Crippen LogP contribution in [-0.4, -0.2) is 51.5 Å². The zero-order chi connectivity index (χ0) is 18.0. The summed E-state index contributed by atoms with van der Waals surface area (Å²) in [5.41, 5.74) is 1.46. The second-order valence-corrected chi connectivity index (χ2v) is 7.05. The number of ether oxygens (including phenoxy) is 1. The van der Waals surface area contributed by atoms with Gasteiger partial charge in [0.05, 0.1) is 6.61 Å². The molecule has 5 nitrogen and oxygen atoms in total. The molecule has 1 saturated carbocycles. The molecule has 3 N–H and O–H groups in total. The van der Waals surface area contributed by atoms with Crippen LogP contribution >= 0.6 is 0 Å². The van der Waals surface area contributed by atoms with E-state index in [0.29, 0.717) is 12.0 Å². The van der Waals surface area contributed by atoms with Crippen LogP contribution in [-0.2, 0) is 4.74 Å². The number of hydrogen-bond donors (Lipinski definition) is 3. The maximum Gasteiger partial charge on any atom is 0.191 e. The summed E-state index contributed by atoms with van der Waals surface area (Å²) in [5, 5.41) is 16.5. The predicted octanol–water partition coefficient (Wildman–Crippen LogP) is 2.52. The molecule has 0 radical (unpaired) electrons. The zero-order valence-corrected chi connectivity index (χ0v) is 15.6. The highest BCUT2D eigenvalue weighted by Crippen LogP contribution is 2.40. The molecule has 1 unspecified atom stereocenters. The molecule has 5 heteroatoms. The summed E-state index contributed by atoms with van der Waals surface area (Å²) >= 11 is 0. The lowest BCUT2D eigenvalue weighted by atomic mass is 9.83. The fraction of sp³-hybridized carbons (Fsp3) is 0.650. The summed E-state index contributed by atoms with van der Waals surface area (Å²) in [4.78, 5) is 4.34. The Morgan fingerprint density at radius 1 is 1.24 bits per heavy atom.